The van der Waals surface area contributed by atoms with E-state index >= 15 is 0 Å². The average molecular weight is 324 g/mol. The van der Waals surface area contributed by atoms with Crippen LogP contribution >= 0.6 is 0 Å². The van der Waals surface area contributed by atoms with Gasteiger partial charge in [0.2, 0.25) is 5.91 Å². The maximum Gasteiger partial charge on any atom is 0.269 e. The van der Waals surface area contributed by atoms with Crippen molar-refractivity contribution in [1.82, 2.24) is 0 Å². The van der Waals surface area contributed by atoms with E-state index in [2.05, 4.69) is 19.2 Å². The Balaban J connectivity index is 2.07. The minimum absolute atomic E-state index is 0.0269. The van der Waals surface area contributed by atoms with Crippen LogP contribution in [0, 0.1) is 10.1 Å². The molecule has 2 aromatic rings. The summed E-state index contributed by atoms with van der Waals surface area (Å²) in [6, 6.07) is 13.8. The molecular formula is C19H20N2O3. The molecule has 0 aromatic heterocycles. The lowest BCUT2D eigenvalue weighted by Gasteiger charge is -2.14. The molecule has 2 aromatic carbocycles. The number of anilines is 1. The predicted molar refractivity (Wildman–Crippen MR) is 95.9 cm³/mol. The lowest BCUT2D eigenvalue weighted by molar-refractivity contribution is -0.384. The molecule has 1 amide bonds. The number of carbonyl (C=O) groups is 1. The van der Waals surface area contributed by atoms with E-state index in [1.807, 2.05) is 24.3 Å². The molecular weight excluding hydrogens is 304 g/mol. The lowest BCUT2D eigenvalue weighted by atomic mass is 9.97. The van der Waals surface area contributed by atoms with Crippen molar-refractivity contribution in [3.63, 3.8) is 0 Å². The van der Waals surface area contributed by atoms with Crippen molar-refractivity contribution in [2.75, 3.05) is 5.32 Å². The first kappa shape index (κ1) is 17.4. The first-order valence-corrected chi connectivity index (χ1v) is 7.83. The summed E-state index contributed by atoms with van der Waals surface area (Å²) in [4.78, 5) is 22.3. The molecule has 0 spiro atoms. The molecule has 5 heteroatoms. The largest absolute Gasteiger partial charge is 0.322 e. The number of rotatable bonds is 6. The van der Waals surface area contributed by atoms with Crippen molar-refractivity contribution < 1.29 is 9.72 Å². The number of nitrogens with zero attached hydrogens (tertiary/aromatic N) is 1. The van der Waals surface area contributed by atoms with Crippen molar-refractivity contribution in [3.8, 4) is 0 Å². The predicted octanol–water partition coefficient (Wildman–Crippen LogP) is 4.76. The highest BCUT2D eigenvalue weighted by Crippen LogP contribution is 2.26. The Labute approximate surface area is 141 Å². The summed E-state index contributed by atoms with van der Waals surface area (Å²) in [5.41, 5.74) is 2.67. The van der Waals surface area contributed by atoms with Gasteiger partial charge in [0.1, 0.15) is 0 Å². The average Bonchev–Trinajstić information content (AvgIpc) is 2.60. The molecule has 0 aliphatic rings. The topological polar surface area (TPSA) is 72.2 Å². The molecule has 1 N–H and O–H groups in total. The van der Waals surface area contributed by atoms with Gasteiger partial charge in [-0.1, -0.05) is 32.0 Å². The molecule has 0 radical (unpaired) electrons. The molecule has 0 aliphatic heterocycles. The van der Waals surface area contributed by atoms with Crippen LogP contribution in [0.25, 0.3) is 6.08 Å². The third-order valence-electron chi connectivity index (χ3n) is 3.89. The Kier molecular flexibility index (Phi) is 5.84. The highest BCUT2D eigenvalue weighted by molar-refractivity contribution is 6.02. The fourth-order valence-corrected chi connectivity index (χ4v) is 2.31. The van der Waals surface area contributed by atoms with E-state index in [0.29, 0.717) is 5.92 Å². The van der Waals surface area contributed by atoms with E-state index in [-0.39, 0.29) is 11.6 Å². The Hall–Kier alpha value is -2.95. The van der Waals surface area contributed by atoms with Crippen LogP contribution in [0.3, 0.4) is 0 Å². The molecule has 0 bridgehead atoms. The van der Waals surface area contributed by atoms with Crippen LogP contribution in [0.15, 0.2) is 54.6 Å². The summed E-state index contributed by atoms with van der Waals surface area (Å²) >= 11 is 0. The monoisotopic (exact) mass is 324 g/mol. The van der Waals surface area contributed by atoms with Crippen LogP contribution in [0.1, 0.15) is 37.3 Å². The minimum Gasteiger partial charge on any atom is -0.322 e. The summed E-state index contributed by atoms with van der Waals surface area (Å²) in [6.45, 7) is 4.23. The van der Waals surface area contributed by atoms with Gasteiger partial charge >= 0.3 is 0 Å². The molecule has 24 heavy (non-hydrogen) atoms. The smallest absolute Gasteiger partial charge is 0.269 e. The SMILES string of the molecule is CCC(C)c1ccccc1NC(=O)C=Cc1ccc([N+](=O)[O-])cc1. The quantitative estimate of drug-likeness (QED) is 0.473. The number of nitro groups is 1. The maximum atomic E-state index is 12.1. The third-order valence-corrected chi connectivity index (χ3v) is 3.89. The Morgan fingerprint density at radius 3 is 2.50 bits per heavy atom. The van der Waals surface area contributed by atoms with Crippen molar-refractivity contribution in [2.24, 2.45) is 0 Å². The molecule has 1 atom stereocenters. The summed E-state index contributed by atoms with van der Waals surface area (Å²) in [5.74, 6) is 0.129. The highest BCUT2D eigenvalue weighted by Gasteiger charge is 2.09. The maximum absolute atomic E-state index is 12.1. The van der Waals surface area contributed by atoms with Crippen LogP contribution in [-0.2, 0) is 4.79 Å². The third kappa shape index (κ3) is 4.52. The van der Waals surface area contributed by atoms with E-state index in [1.54, 1.807) is 18.2 Å². The van der Waals surface area contributed by atoms with Crippen LogP contribution in [-0.4, -0.2) is 10.8 Å². The van der Waals surface area contributed by atoms with E-state index in [9.17, 15) is 14.9 Å². The lowest BCUT2D eigenvalue weighted by Crippen LogP contribution is -2.10. The van der Waals surface area contributed by atoms with Gasteiger partial charge in [0.05, 0.1) is 4.92 Å². The number of para-hydroxylation sites is 1. The van der Waals surface area contributed by atoms with Gasteiger partial charge < -0.3 is 5.32 Å². The van der Waals surface area contributed by atoms with Crippen molar-refractivity contribution >= 4 is 23.4 Å². The fraction of sp³-hybridized carbons (Fsp3) is 0.211. The zero-order chi connectivity index (χ0) is 17.5. The summed E-state index contributed by atoms with van der Waals surface area (Å²) in [5, 5.41) is 13.5. The number of carbonyl (C=O) groups excluding carboxylic acids is 1. The molecule has 2 rings (SSSR count). The first-order chi connectivity index (χ1) is 11.5. The Morgan fingerprint density at radius 1 is 1.21 bits per heavy atom. The van der Waals surface area contributed by atoms with E-state index in [4.69, 9.17) is 0 Å². The number of hydrogen-bond donors (Lipinski definition) is 1. The Morgan fingerprint density at radius 2 is 1.88 bits per heavy atom. The Bertz CT molecular complexity index is 751. The van der Waals surface area contributed by atoms with Crippen molar-refractivity contribution in [2.45, 2.75) is 26.2 Å². The zero-order valence-electron chi connectivity index (χ0n) is 13.7. The second-order valence-electron chi connectivity index (χ2n) is 5.57. The van der Waals surface area contributed by atoms with E-state index < -0.39 is 4.92 Å². The molecule has 0 saturated heterocycles. The van der Waals surface area contributed by atoms with Gasteiger partial charge in [-0.05, 0) is 47.7 Å². The van der Waals surface area contributed by atoms with Gasteiger partial charge in [0, 0.05) is 23.9 Å². The number of non-ortho nitro benzene ring substituents is 1. The van der Waals surface area contributed by atoms with Crippen molar-refractivity contribution in [1.29, 1.82) is 0 Å². The number of hydrogen-bond acceptors (Lipinski definition) is 3. The standard InChI is InChI=1S/C19H20N2O3/c1-3-14(2)17-6-4-5-7-18(17)20-19(22)13-10-15-8-11-16(12-9-15)21(23)24/h4-14H,3H2,1-2H3,(H,20,22). The number of amides is 1. The van der Waals surface area contributed by atoms with Gasteiger partial charge in [-0.2, -0.15) is 0 Å². The fourth-order valence-electron chi connectivity index (χ4n) is 2.31. The summed E-state index contributed by atoms with van der Waals surface area (Å²) < 4.78 is 0. The van der Waals surface area contributed by atoms with Crippen molar-refractivity contribution in [3.05, 3.63) is 75.8 Å². The molecule has 0 saturated carbocycles. The zero-order valence-corrected chi connectivity index (χ0v) is 13.7. The summed E-state index contributed by atoms with van der Waals surface area (Å²) in [7, 11) is 0. The molecule has 0 fully saturated rings. The second-order valence-corrected chi connectivity index (χ2v) is 5.57. The molecule has 124 valence electrons. The van der Waals surface area contributed by atoms with Crippen LogP contribution in [0.4, 0.5) is 11.4 Å². The highest BCUT2D eigenvalue weighted by atomic mass is 16.6. The second kappa shape index (κ2) is 8.06. The van der Waals surface area contributed by atoms with Crippen LogP contribution < -0.4 is 5.32 Å². The molecule has 0 aliphatic carbocycles. The summed E-state index contributed by atoms with van der Waals surface area (Å²) in [6.07, 6.45) is 4.05. The van der Waals surface area contributed by atoms with Crippen LogP contribution in [0.2, 0.25) is 0 Å². The van der Waals surface area contributed by atoms with Crippen LogP contribution in [0.5, 0.6) is 0 Å². The van der Waals surface area contributed by atoms with Gasteiger partial charge in [0.25, 0.3) is 5.69 Å². The van der Waals surface area contributed by atoms with Gasteiger partial charge in [-0.3, -0.25) is 14.9 Å². The normalized spacial score (nSPS) is 12.1. The molecule has 0 heterocycles. The van der Waals surface area contributed by atoms with E-state index in [1.165, 1.54) is 18.2 Å². The molecule has 1 unspecified atom stereocenters. The number of nitro benzene ring substituents is 1. The van der Waals surface area contributed by atoms with E-state index in [0.717, 1.165) is 23.2 Å². The number of nitrogens with one attached hydrogen (secondary N) is 1. The van der Waals surface area contributed by atoms with Gasteiger partial charge in [-0.25, -0.2) is 0 Å². The van der Waals surface area contributed by atoms with Gasteiger partial charge in [-0.15, -0.1) is 0 Å². The van der Waals surface area contributed by atoms with Gasteiger partial charge in [0.15, 0.2) is 0 Å². The number of benzene rings is 2. The molecule has 5 nitrogen and oxygen atoms in total. The minimum atomic E-state index is -0.452. The first-order valence-electron chi connectivity index (χ1n) is 7.83.